The molecule has 0 saturated carbocycles. The SMILES string of the molecule is COC(=O)c1ccccc1N=Cc1ccc(O[C@H](C)C(=O)O)cc1. The number of carboxylic acids is 1. The minimum absolute atomic E-state index is 0.381. The van der Waals surface area contributed by atoms with E-state index in [2.05, 4.69) is 4.99 Å². The van der Waals surface area contributed by atoms with Gasteiger partial charge in [0, 0.05) is 6.21 Å². The summed E-state index contributed by atoms with van der Waals surface area (Å²) < 4.78 is 9.98. The molecular formula is C18H17NO5. The maximum atomic E-state index is 11.7. The van der Waals surface area contributed by atoms with E-state index in [4.69, 9.17) is 14.6 Å². The third-order valence-corrected chi connectivity index (χ3v) is 3.20. The van der Waals surface area contributed by atoms with Crippen molar-refractivity contribution in [3.8, 4) is 5.75 Å². The summed E-state index contributed by atoms with van der Waals surface area (Å²) in [5.41, 5.74) is 1.67. The molecule has 0 aliphatic rings. The number of aliphatic carboxylic acids is 1. The van der Waals surface area contributed by atoms with Gasteiger partial charge in [0.1, 0.15) is 5.75 Å². The second-order valence-corrected chi connectivity index (χ2v) is 4.93. The highest BCUT2D eigenvalue weighted by atomic mass is 16.5. The molecule has 2 aromatic rings. The number of carbonyl (C=O) groups is 2. The molecule has 24 heavy (non-hydrogen) atoms. The number of benzene rings is 2. The van der Waals surface area contributed by atoms with E-state index in [0.717, 1.165) is 5.56 Å². The van der Waals surface area contributed by atoms with Gasteiger partial charge in [0.15, 0.2) is 6.10 Å². The van der Waals surface area contributed by atoms with Gasteiger partial charge in [-0.15, -0.1) is 0 Å². The molecule has 124 valence electrons. The van der Waals surface area contributed by atoms with Gasteiger partial charge in [0.25, 0.3) is 0 Å². The second-order valence-electron chi connectivity index (χ2n) is 4.93. The molecule has 0 spiro atoms. The van der Waals surface area contributed by atoms with E-state index in [1.165, 1.54) is 14.0 Å². The predicted octanol–water partition coefficient (Wildman–Crippen LogP) is 3.08. The molecule has 0 fully saturated rings. The van der Waals surface area contributed by atoms with Gasteiger partial charge in [-0.25, -0.2) is 9.59 Å². The first-order valence-corrected chi connectivity index (χ1v) is 7.22. The van der Waals surface area contributed by atoms with E-state index in [1.807, 2.05) is 0 Å². The maximum absolute atomic E-state index is 11.7. The van der Waals surface area contributed by atoms with Crippen molar-refractivity contribution in [2.24, 2.45) is 4.99 Å². The van der Waals surface area contributed by atoms with Crippen LogP contribution in [0.5, 0.6) is 5.75 Å². The molecule has 2 aromatic carbocycles. The quantitative estimate of drug-likeness (QED) is 0.651. The Morgan fingerprint density at radius 2 is 1.79 bits per heavy atom. The summed E-state index contributed by atoms with van der Waals surface area (Å²) in [7, 11) is 1.32. The van der Waals surface area contributed by atoms with Crippen molar-refractivity contribution in [3.05, 3.63) is 59.7 Å². The van der Waals surface area contributed by atoms with Crippen molar-refractivity contribution in [1.29, 1.82) is 0 Å². The van der Waals surface area contributed by atoms with Crippen molar-refractivity contribution in [2.75, 3.05) is 7.11 Å². The van der Waals surface area contributed by atoms with Crippen molar-refractivity contribution < 1.29 is 24.2 Å². The Bertz CT molecular complexity index is 752. The minimum atomic E-state index is -1.03. The van der Waals surface area contributed by atoms with Gasteiger partial charge in [0.05, 0.1) is 18.4 Å². The van der Waals surface area contributed by atoms with Gasteiger partial charge in [-0.3, -0.25) is 4.99 Å². The molecule has 6 heteroatoms. The molecule has 0 aliphatic heterocycles. The van der Waals surface area contributed by atoms with Crippen LogP contribution in [-0.2, 0) is 9.53 Å². The number of carboxylic acid groups (broad SMARTS) is 1. The average molecular weight is 327 g/mol. The number of ether oxygens (including phenoxy) is 2. The Kier molecular flexibility index (Phi) is 5.68. The summed E-state index contributed by atoms with van der Waals surface area (Å²) in [6, 6.07) is 13.7. The lowest BCUT2D eigenvalue weighted by Gasteiger charge is -2.10. The van der Waals surface area contributed by atoms with Crippen LogP contribution in [0, 0.1) is 0 Å². The Hall–Kier alpha value is -3.15. The Labute approximate surface area is 139 Å². The summed E-state index contributed by atoms with van der Waals surface area (Å²) in [5.74, 6) is -1.02. The maximum Gasteiger partial charge on any atom is 0.344 e. The van der Waals surface area contributed by atoms with Crippen molar-refractivity contribution in [3.63, 3.8) is 0 Å². The Morgan fingerprint density at radius 3 is 2.42 bits per heavy atom. The molecule has 0 aromatic heterocycles. The number of para-hydroxylation sites is 1. The van der Waals surface area contributed by atoms with Crippen LogP contribution in [-0.4, -0.2) is 36.5 Å². The summed E-state index contributed by atoms with van der Waals surface area (Å²) >= 11 is 0. The fourth-order valence-corrected chi connectivity index (χ4v) is 1.90. The molecular weight excluding hydrogens is 310 g/mol. The van der Waals surface area contributed by atoms with E-state index in [1.54, 1.807) is 54.7 Å². The van der Waals surface area contributed by atoms with Crippen LogP contribution in [0.25, 0.3) is 0 Å². The summed E-state index contributed by atoms with van der Waals surface area (Å²) in [4.78, 5) is 26.7. The zero-order valence-electron chi connectivity index (χ0n) is 13.3. The minimum Gasteiger partial charge on any atom is -0.479 e. The third-order valence-electron chi connectivity index (χ3n) is 3.20. The summed E-state index contributed by atoms with van der Waals surface area (Å²) in [5, 5.41) is 8.82. The number of aliphatic imine (C=N–C) groups is 1. The van der Waals surface area contributed by atoms with Gasteiger partial charge in [-0.05, 0) is 48.9 Å². The average Bonchev–Trinajstić information content (AvgIpc) is 2.60. The van der Waals surface area contributed by atoms with Crippen molar-refractivity contribution in [1.82, 2.24) is 0 Å². The fourth-order valence-electron chi connectivity index (χ4n) is 1.90. The van der Waals surface area contributed by atoms with Crippen LogP contribution in [0.4, 0.5) is 5.69 Å². The first-order chi connectivity index (χ1) is 11.5. The largest absolute Gasteiger partial charge is 0.479 e. The highest BCUT2D eigenvalue weighted by Crippen LogP contribution is 2.20. The highest BCUT2D eigenvalue weighted by molar-refractivity contribution is 5.96. The smallest absolute Gasteiger partial charge is 0.344 e. The molecule has 0 saturated heterocycles. The lowest BCUT2D eigenvalue weighted by atomic mass is 10.2. The molecule has 0 amide bonds. The molecule has 0 radical (unpaired) electrons. The lowest BCUT2D eigenvalue weighted by molar-refractivity contribution is -0.144. The Balaban J connectivity index is 2.13. The Morgan fingerprint density at radius 1 is 1.12 bits per heavy atom. The van der Waals surface area contributed by atoms with Crippen LogP contribution in [0.1, 0.15) is 22.8 Å². The zero-order chi connectivity index (χ0) is 17.5. The first kappa shape index (κ1) is 17.2. The van der Waals surface area contributed by atoms with E-state index >= 15 is 0 Å². The van der Waals surface area contributed by atoms with Crippen LogP contribution >= 0.6 is 0 Å². The second kappa shape index (κ2) is 7.92. The van der Waals surface area contributed by atoms with Crippen LogP contribution in [0.3, 0.4) is 0 Å². The molecule has 0 bridgehead atoms. The van der Waals surface area contributed by atoms with E-state index in [9.17, 15) is 9.59 Å². The molecule has 1 N–H and O–H groups in total. The predicted molar refractivity (Wildman–Crippen MR) is 89.2 cm³/mol. The van der Waals surface area contributed by atoms with Crippen molar-refractivity contribution in [2.45, 2.75) is 13.0 Å². The van der Waals surface area contributed by atoms with Gasteiger partial charge in [0.2, 0.25) is 0 Å². The van der Waals surface area contributed by atoms with E-state index < -0.39 is 18.0 Å². The number of rotatable bonds is 6. The lowest BCUT2D eigenvalue weighted by Crippen LogP contribution is -2.22. The summed E-state index contributed by atoms with van der Waals surface area (Å²) in [6.07, 6.45) is 0.683. The van der Waals surface area contributed by atoms with Gasteiger partial charge in [-0.1, -0.05) is 12.1 Å². The molecule has 0 unspecified atom stereocenters. The summed E-state index contributed by atoms with van der Waals surface area (Å²) in [6.45, 7) is 1.46. The monoisotopic (exact) mass is 327 g/mol. The molecule has 0 aliphatic carbocycles. The number of hydrogen-bond donors (Lipinski definition) is 1. The number of nitrogens with zero attached hydrogens (tertiary/aromatic N) is 1. The van der Waals surface area contributed by atoms with Crippen molar-refractivity contribution >= 4 is 23.8 Å². The molecule has 1 atom stereocenters. The number of hydrogen-bond acceptors (Lipinski definition) is 5. The third kappa shape index (κ3) is 4.42. The van der Waals surface area contributed by atoms with E-state index in [0.29, 0.717) is 17.0 Å². The molecule has 2 rings (SSSR count). The number of esters is 1. The first-order valence-electron chi connectivity index (χ1n) is 7.22. The normalized spacial score (nSPS) is 11.9. The number of carbonyl (C=O) groups excluding carboxylic acids is 1. The van der Waals surface area contributed by atoms with Gasteiger partial charge in [-0.2, -0.15) is 0 Å². The molecule has 6 nitrogen and oxygen atoms in total. The standard InChI is InChI=1S/C18H17NO5/c1-12(17(20)21)24-14-9-7-13(8-10-14)11-19-16-6-4-3-5-15(16)18(22)23-2/h3-12H,1-2H3,(H,20,21)/t12-/m1/s1. The molecule has 0 heterocycles. The van der Waals surface area contributed by atoms with Gasteiger partial charge >= 0.3 is 11.9 Å². The van der Waals surface area contributed by atoms with Gasteiger partial charge < -0.3 is 14.6 Å². The number of methoxy groups -OCH3 is 1. The van der Waals surface area contributed by atoms with Crippen LogP contribution in [0.2, 0.25) is 0 Å². The fraction of sp³-hybridized carbons (Fsp3) is 0.167. The van der Waals surface area contributed by atoms with Crippen LogP contribution < -0.4 is 4.74 Å². The highest BCUT2D eigenvalue weighted by Gasteiger charge is 2.12. The van der Waals surface area contributed by atoms with E-state index in [-0.39, 0.29) is 0 Å². The topological polar surface area (TPSA) is 85.2 Å². The zero-order valence-corrected chi connectivity index (χ0v) is 13.3. The van der Waals surface area contributed by atoms with Crippen LogP contribution in [0.15, 0.2) is 53.5 Å².